The summed E-state index contributed by atoms with van der Waals surface area (Å²) in [4.78, 5) is 5.47. The van der Waals surface area contributed by atoms with Crippen LogP contribution in [0.25, 0.3) is 0 Å². The zero-order valence-electron chi connectivity index (χ0n) is 14.0. The lowest BCUT2D eigenvalue weighted by molar-refractivity contribution is 0.0884. The van der Waals surface area contributed by atoms with Gasteiger partial charge in [0.1, 0.15) is 0 Å². The van der Waals surface area contributed by atoms with Crippen molar-refractivity contribution >= 4 is 0 Å². The van der Waals surface area contributed by atoms with Gasteiger partial charge in [0.05, 0.1) is 0 Å². The van der Waals surface area contributed by atoms with Gasteiger partial charge >= 0.3 is 0 Å². The molecule has 1 N–H and O–H groups in total. The van der Waals surface area contributed by atoms with Crippen LogP contribution in [-0.4, -0.2) is 60.6 Å². The van der Waals surface area contributed by atoms with E-state index in [0.717, 1.165) is 6.04 Å². The molecule has 118 valence electrons. The van der Waals surface area contributed by atoms with E-state index in [1.54, 1.807) is 0 Å². The minimum absolute atomic E-state index is 0.372. The zero-order chi connectivity index (χ0) is 14.4. The third-order valence-corrected chi connectivity index (χ3v) is 5.59. The molecule has 0 aromatic heterocycles. The van der Waals surface area contributed by atoms with E-state index < -0.39 is 0 Å². The lowest BCUT2D eigenvalue weighted by Crippen LogP contribution is -2.54. The van der Waals surface area contributed by atoms with Gasteiger partial charge in [-0.15, -0.1) is 0 Å². The molecule has 2 aliphatic rings. The molecule has 2 rings (SSSR count). The second-order valence-electron chi connectivity index (χ2n) is 6.81. The van der Waals surface area contributed by atoms with Gasteiger partial charge in [-0.05, 0) is 71.2 Å². The third-order valence-electron chi connectivity index (χ3n) is 5.59. The molecule has 0 amide bonds. The quantitative estimate of drug-likeness (QED) is 0.836. The highest BCUT2D eigenvalue weighted by molar-refractivity contribution is 4.94. The molecule has 3 heteroatoms. The molecular formula is C17H35N3. The van der Waals surface area contributed by atoms with E-state index in [-0.39, 0.29) is 0 Å². The van der Waals surface area contributed by atoms with Crippen molar-refractivity contribution in [2.24, 2.45) is 0 Å². The molecule has 3 nitrogen and oxygen atoms in total. The van der Waals surface area contributed by atoms with Gasteiger partial charge in [0.15, 0.2) is 0 Å². The summed E-state index contributed by atoms with van der Waals surface area (Å²) in [5.74, 6) is 0. The predicted octanol–water partition coefficient (Wildman–Crippen LogP) is 2.71. The Morgan fingerprint density at radius 3 is 2.35 bits per heavy atom. The normalized spacial score (nSPS) is 26.6. The standard InChI is InChI=1S/C17H35N3/c1-4-11-19-13-8-16(9-14-19)20-12-7-10-18-17(5-2,6-3)15-20/h16,18H,4-15H2,1-3H3. The van der Waals surface area contributed by atoms with Gasteiger partial charge in [-0.1, -0.05) is 20.8 Å². The molecule has 0 spiro atoms. The van der Waals surface area contributed by atoms with Gasteiger partial charge < -0.3 is 10.2 Å². The summed E-state index contributed by atoms with van der Waals surface area (Å²) < 4.78 is 0. The van der Waals surface area contributed by atoms with Gasteiger partial charge in [-0.25, -0.2) is 0 Å². The maximum Gasteiger partial charge on any atom is 0.0303 e. The highest BCUT2D eigenvalue weighted by Gasteiger charge is 2.34. The Hall–Kier alpha value is -0.120. The molecule has 20 heavy (non-hydrogen) atoms. The second kappa shape index (κ2) is 7.77. The fraction of sp³-hybridized carbons (Fsp3) is 1.00. The number of hydrogen-bond donors (Lipinski definition) is 1. The molecule has 2 fully saturated rings. The molecule has 0 atom stereocenters. The smallest absolute Gasteiger partial charge is 0.0303 e. The minimum atomic E-state index is 0.372. The van der Waals surface area contributed by atoms with Crippen LogP contribution in [0, 0.1) is 0 Å². The maximum atomic E-state index is 3.84. The van der Waals surface area contributed by atoms with Gasteiger partial charge in [0.25, 0.3) is 0 Å². The van der Waals surface area contributed by atoms with E-state index in [1.807, 2.05) is 0 Å². The van der Waals surface area contributed by atoms with Crippen molar-refractivity contribution in [1.29, 1.82) is 0 Å². The first-order valence-corrected chi connectivity index (χ1v) is 8.94. The number of likely N-dealkylation sites (tertiary alicyclic amines) is 1. The number of piperidine rings is 1. The van der Waals surface area contributed by atoms with Crippen molar-refractivity contribution in [3.05, 3.63) is 0 Å². The summed E-state index contributed by atoms with van der Waals surface area (Å²) in [5, 5.41) is 3.84. The van der Waals surface area contributed by atoms with Crippen LogP contribution in [0.1, 0.15) is 59.3 Å². The fourth-order valence-electron chi connectivity index (χ4n) is 4.02. The minimum Gasteiger partial charge on any atom is -0.310 e. The lowest BCUT2D eigenvalue weighted by Gasteiger charge is -2.42. The SMILES string of the molecule is CCCN1CCC(N2CCCNC(CC)(CC)C2)CC1. The first-order chi connectivity index (χ1) is 9.73. The van der Waals surface area contributed by atoms with Crippen molar-refractivity contribution < 1.29 is 0 Å². The van der Waals surface area contributed by atoms with Crippen LogP contribution < -0.4 is 5.32 Å². The molecule has 0 saturated carbocycles. The first kappa shape index (κ1) is 16.3. The molecule has 0 unspecified atom stereocenters. The first-order valence-electron chi connectivity index (χ1n) is 8.94. The van der Waals surface area contributed by atoms with Crippen molar-refractivity contribution in [1.82, 2.24) is 15.1 Å². The van der Waals surface area contributed by atoms with E-state index in [1.165, 1.54) is 77.8 Å². The number of nitrogens with one attached hydrogen (secondary N) is 1. The second-order valence-corrected chi connectivity index (χ2v) is 6.81. The number of rotatable bonds is 5. The Morgan fingerprint density at radius 1 is 1.05 bits per heavy atom. The Bertz CT molecular complexity index is 267. The summed E-state index contributed by atoms with van der Waals surface area (Å²) >= 11 is 0. The van der Waals surface area contributed by atoms with Gasteiger partial charge in [-0.2, -0.15) is 0 Å². The third kappa shape index (κ3) is 3.96. The molecule has 2 saturated heterocycles. The highest BCUT2D eigenvalue weighted by atomic mass is 15.2. The van der Waals surface area contributed by atoms with Crippen molar-refractivity contribution in [2.75, 3.05) is 39.3 Å². The predicted molar refractivity (Wildman–Crippen MR) is 87.3 cm³/mol. The maximum absolute atomic E-state index is 3.84. The van der Waals surface area contributed by atoms with Crippen molar-refractivity contribution in [3.63, 3.8) is 0 Å². The molecule has 0 aromatic carbocycles. The van der Waals surface area contributed by atoms with Crippen molar-refractivity contribution in [3.8, 4) is 0 Å². The fourth-order valence-corrected chi connectivity index (χ4v) is 4.02. The van der Waals surface area contributed by atoms with Crippen LogP contribution in [0.4, 0.5) is 0 Å². The van der Waals surface area contributed by atoms with E-state index in [9.17, 15) is 0 Å². The largest absolute Gasteiger partial charge is 0.310 e. The summed E-state index contributed by atoms with van der Waals surface area (Å²) in [6.45, 7) is 14.7. The molecule has 0 aromatic rings. The van der Waals surface area contributed by atoms with Gasteiger partial charge in [0.2, 0.25) is 0 Å². The Kier molecular flexibility index (Phi) is 6.31. The summed E-state index contributed by atoms with van der Waals surface area (Å²) in [5.41, 5.74) is 0.372. The monoisotopic (exact) mass is 281 g/mol. The van der Waals surface area contributed by atoms with Crippen LogP contribution in [0.3, 0.4) is 0 Å². The van der Waals surface area contributed by atoms with Crippen LogP contribution in [0.5, 0.6) is 0 Å². The number of nitrogens with zero attached hydrogens (tertiary/aromatic N) is 2. The van der Waals surface area contributed by atoms with Crippen LogP contribution in [-0.2, 0) is 0 Å². The highest BCUT2D eigenvalue weighted by Crippen LogP contribution is 2.25. The molecule has 0 aliphatic carbocycles. The summed E-state index contributed by atoms with van der Waals surface area (Å²) in [6.07, 6.45) is 7.89. The molecule has 2 aliphatic heterocycles. The van der Waals surface area contributed by atoms with E-state index in [4.69, 9.17) is 0 Å². The molecule has 0 radical (unpaired) electrons. The summed E-state index contributed by atoms with van der Waals surface area (Å²) in [7, 11) is 0. The van der Waals surface area contributed by atoms with Gasteiger partial charge in [0, 0.05) is 18.1 Å². The van der Waals surface area contributed by atoms with E-state index in [2.05, 4.69) is 35.9 Å². The van der Waals surface area contributed by atoms with Crippen LogP contribution >= 0.6 is 0 Å². The topological polar surface area (TPSA) is 18.5 Å². The lowest BCUT2D eigenvalue weighted by atomic mass is 9.91. The van der Waals surface area contributed by atoms with Crippen LogP contribution in [0.2, 0.25) is 0 Å². The molecule has 2 heterocycles. The van der Waals surface area contributed by atoms with Crippen molar-refractivity contribution in [2.45, 2.75) is 70.9 Å². The Labute approximate surface area is 126 Å². The molecule has 0 bridgehead atoms. The molecular weight excluding hydrogens is 246 g/mol. The van der Waals surface area contributed by atoms with E-state index in [0.29, 0.717) is 5.54 Å². The van der Waals surface area contributed by atoms with Crippen LogP contribution in [0.15, 0.2) is 0 Å². The Balaban J connectivity index is 1.91. The summed E-state index contributed by atoms with van der Waals surface area (Å²) in [6, 6.07) is 0.834. The Morgan fingerprint density at radius 2 is 1.75 bits per heavy atom. The zero-order valence-corrected chi connectivity index (χ0v) is 14.0. The van der Waals surface area contributed by atoms with E-state index >= 15 is 0 Å². The number of hydrogen-bond acceptors (Lipinski definition) is 3. The average molecular weight is 281 g/mol. The average Bonchev–Trinajstić information content (AvgIpc) is 2.72. The van der Waals surface area contributed by atoms with Gasteiger partial charge in [-0.3, -0.25) is 4.90 Å².